The molecule has 3 heteroatoms. The first-order chi connectivity index (χ1) is 9.65. The predicted octanol–water partition coefficient (Wildman–Crippen LogP) is 3.91. The Bertz CT molecular complexity index is 797. The lowest BCUT2D eigenvalue weighted by atomic mass is 9.73. The van der Waals surface area contributed by atoms with Crippen molar-refractivity contribution in [3.05, 3.63) is 52.1 Å². The van der Waals surface area contributed by atoms with E-state index in [9.17, 15) is 8.42 Å². The molecule has 1 aliphatic carbocycles. The molecule has 1 aromatic rings. The van der Waals surface area contributed by atoms with Crippen molar-refractivity contribution in [2.45, 2.75) is 51.2 Å². The number of hydrogen-bond acceptors (Lipinski definition) is 2. The number of aryl methyl sites for hydroxylation is 2. The summed E-state index contributed by atoms with van der Waals surface area (Å²) in [6.45, 7) is 10.0. The quantitative estimate of drug-likeness (QED) is 0.728. The van der Waals surface area contributed by atoms with Crippen molar-refractivity contribution in [3.63, 3.8) is 0 Å². The van der Waals surface area contributed by atoms with Gasteiger partial charge in [0, 0.05) is 5.41 Å². The van der Waals surface area contributed by atoms with Crippen LogP contribution in [0.4, 0.5) is 0 Å². The lowest BCUT2D eigenvalue weighted by molar-refractivity contribution is 0.391. The van der Waals surface area contributed by atoms with Gasteiger partial charge < -0.3 is 0 Å². The van der Waals surface area contributed by atoms with E-state index in [1.54, 1.807) is 0 Å². The summed E-state index contributed by atoms with van der Waals surface area (Å²) in [6.07, 6.45) is 4.94. The topological polar surface area (TPSA) is 34.1 Å². The van der Waals surface area contributed by atoms with Crippen LogP contribution in [0.5, 0.6) is 0 Å². The molecule has 2 nitrogen and oxygen atoms in total. The van der Waals surface area contributed by atoms with E-state index in [-0.39, 0.29) is 5.41 Å². The number of sulfone groups is 1. The van der Waals surface area contributed by atoms with Crippen LogP contribution >= 0.6 is 0 Å². The van der Waals surface area contributed by atoms with Gasteiger partial charge in [-0.15, -0.1) is 0 Å². The summed E-state index contributed by atoms with van der Waals surface area (Å²) in [6, 6.07) is 4.01. The van der Waals surface area contributed by atoms with Gasteiger partial charge in [0.1, 0.15) is 0 Å². The Kier molecular flexibility index (Phi) is 3.00. The predicted molar refractivity (Wildman–Crippen MR) is 86.2 cm³/mol. The van der Waals surface area contributed by atoms with E-state index in [0.717, 1.165) is 34.3 Å². The van der Waals surface area contributed by atoms with Crippen LogP contribution in [-0.4, -0.2) is 13.7 Å². The summed E-state index contributed by atoms with van der Waals surface area (Å²) >= 11 is 0. The highest BCUT2D eigenvalue weighted by Gasteiger charge is 2.49. The average molecular weight is 302 g/mol. The molecule has 0 unspecified atom stereocenters. The summed E-state index contributed by atoms with van der Waals surface area (Å²) in [5, 5.41) is -0.428. The fourth-order valence-electron chi connectivity index (χ4n) is 4.44. The second-order valence-corrected chi connectivity index (χ2v) is 8.92. The van der Waals surface area contributed by atoms with Gasteiger partial charge in [-0.05, 0) is 45.2 Å². The molecule has 2 atom stereocenters. The summed E-state index contributed by atoms with van der Waals surface area (Å²) in [4.78, 5) is 0.566. The van der Waals surface area contributed by atoms with Crippen molar-refractivity contribution < 1.29 is 8.42 Å². The van der Waals surface area contributed by atoms with Gasteiger partial charge in [0.05, 0.1) is 10.1 Å². The molecule has 0 saturated heterocycles. The van der Waals surface area contributed by atoms with Crippen molar-refractivity contribution in [2.24, 2.45) is 5.41 Å². The van der Waals surface area contributed by atoms with Gasteiger partial charge >= 0.3 is 0 Å². The Labute approximate surface area is 127 Å². The van der Waals surface area contributed by atoms with Gasteiger partial charge in [-0.3, -0.25) is 0 Å². The molecule has 0 aromatic heterocycles. The lowest BCUT2D eigenvalue weighted by Crippen LogP contribution is -2.45. The smallest absolute Gasteiger partial charge is 0.186 e. The van der Waals surface area contributed by atoms with Crippen LogP contribution in [-0.2, 0) is 16.3 Å². The average Bonchev–Trinajstić information content (AvgIpc) is 2.22. The fourth-order valence-corrected chi connectivity index (χ4v) is 7.10. The summed E-state index contributed by atoms with van der Waals surface area (Å²) in [5.41, 5.74) is 4.77. The standard InChI is InChI=1S/C18H22O2S/c1-11-6-13(3)16-15(8-11)10-18(5)9-12(2)7-14(4)17(18)21(16,19)20/h6-9,17H,10H2,1-5H3/t17-,18+/m0/s1. The minimum absolute atomic E-state index is 0.338. The highest BCUT2D eigenvalue weighted by Crippen LogP contribution is 2.49. The molecule has 1 heterocycles. The molecule has 21 heavy (non-hydrogen) atoms. The SMILES string of the molecule is CC1=C[C@]2(C)Cc3cc(C)cc(C)c3S(=O)(=O)[C@H]2C(C)=C1. The van der Waals surface area contributed by atoms with E-state index in [2.05, 4.69) is 19.9 Å². The molecule has 0 N–H and O–H groups in total. The molecule has 3 rings (SSSR count). The van der Waals surface area contributed by atoms with Crippen molar-refractivity contribution in [1.82, 2.24) is 0 Å². The first-order valence-corrected chi connectivity index (χ1v) is 8.91. The van der Waals surface area contributed by atoms with Crippen LogP contribution in [0.15, 0.2) is 40.3 Å². The van der Waals surface area contributed by atoms with E-state index < -0.39 is 15.1 Å². The highest BCUT2D eigenvalue weighted by molar-refractivity contribution is 7.92. The maximum Gasteiger partial charge on any atom is 0.186 e. The van der Waals surface area contributed by atoms with Crippen molar-refractivity contribution >= 4 is 9.84 Å². The molecule has 0 spiro atoms. The zero-order chi connectivity index (χ0) is 15.6. The monoisotopic (exact) mass is 302 g/mol. The zero-order valence-electron chi connectivity index (χ0n) is 13.3. The van der Waals surface area contributed by atoms with Crippen LogP contribution in [0.2, 0.25) is 0 Å². The van der Waals surface area contributed by atoms with E-state index in [0.29, 0.717) is 4.90 Å². The third-order valence-corrected chi connectivity index (χ3v) is 7.37. The molecule has 0 saturated carbocycles. The first-order valence-electron chi connectivity index (χ1n) is 7.37. The summed E-state index contributed by atoms with van der Waals surface area (Å²) < 4.78 is 26.4. The normalized spacial score (nSPS) is 30.0. The molecule has 112 valence electrons. The number of hydrogen-bond donors (Lipinski definition) is 0. The van der Waals surface area contributed by atoms with Gasteiger partial charge in [0.2, 0.25) is 0 Å². The number of fused-ring (bicyclic) bond motifs is 2. The van der Waals surface area contributed by atoms with Gasteiger partial charge in [0.15, 0.2) is 9.84 Å². The second kappa shape index (κ2) is 4.33. The first kappa shape index (κ1) is 14.6. The van der Waals surface area contributed by atoms with Gasteiger partial charge in [-0.25, -0.2) is 8.42 Å². The Morgan fingerprint density at radius 3 is 2.48 bits per heavy atom. The number of allylic oxidation sites excluding steroid dienone is 3. The van der Waals surface area contributed by atoms with Crippen molar-refractivity contribution in [3.8, 4) is 0 Å². The number of rotatable bonds is 0. The lowest BCUT2D eigenvalue weighted by Gasteiger charge is -2.43. The van der Waals surface area contributed by atoms with E-state index in [4.69, 9.17) is 0 Å². The number of benzene rings is 1. The highest BCUT2D eigenvalue weighted by atomic mass is 32.2. The van der Waals surface area contributed by atoms with Crippen LogP contribution in [0.1, 0.15) is 37.5 Å². The minimum atomic E-state index is -3.33. The van der Waals surface area contributed by atoms with E-state index in [1.807, 2.05) is 39.0 Å². The summed E-state index contributed by atoms with van der Waals surface area (Å²) in [7, 11) is -3.33. The molecule has 0 amide bonds. The molecule has 1 aromatic carbocycles. The van der Waals surface area contributed by atoms with Crippen LogP contribution in [0, 0.1) is 19.3 Å². The van der Waals surface area contributed by atoms with Crippen LogP contribution in [0.3, 0.4) is 0 Å². The van der Waals surface area contributed by atoms with Crippen molar-refractivity contribution in [1.29, 1.82) is 0 Å². The van der Waals surface area contributed by atoms with Gasteiger partial charge in [-0.2, -0.15) is 0 Å². The maximum absolute atomic E-state index is 13.2. The Hall–Kier alpha value is -1.35. The Morgan fingerprint density at radius 2 is 1.81 bits per heavy atom. The third kappa shape index (κ3) is 2.02. The molecule has 0 radical (unpaired) electrons. The molecule has 0 bridgehead atoms. The Balaban J connectivity index is 2.35. The molecule has 2 aliphatic rings. The zero-order valence-corrected chi connectivity index (χ0v) is 14.1. The van der Waals surface area contributed by atoms with E-state index in [1.165, 1.54) is 0 Å². The van der Waals surface area contributed by atoms with Gasteiger partial charge in [-0.1, -0.05) is 47.9 Å². The maximum atomic E-state index is 13.2. The van der Waals surface area contributed by atoms with Gasteiger partial charge in [0.25, 0.3) is 0 Å². The molecule has 1 aliphatic heterocycles. The molecule has 0 fully saturated rings. The van der Waals surface area contributed by atoms with Crippen LogP contribution in [0.25, 0.3) is 0 Å². The summed E-state index contributed by atoms with van der Waals surface area (Å²) in [5.74, 6) is 0. The Morgan fingerprint density at radius 1 is 1.14 bits per heavy atom. The second-order valence-electron chi connectivity index (χ2n) is 6.95. The minimum Gasteiger partial charge on any atom is -0.223 e. The van der Waals surface area contributed by atoms with Crippen molar-refractivity contribution in [2.75, 3.05) is 0 Å². The third-order valence-electron chi connectivity index (χ3n) is 4.69. The largest absolute Gasteiger partial charge is 0.223 e. The molecular formula is C18H22O2S. The fraction of sp³-hybridized carbons (Fsp3) is 0.444. The molecular weight excluding hydrogens is 280 g/mol. The van der Waals surface area contributed by atoms with E-state index >= 15 is 0 Å². The van der Waals surface area contributed by atoms with Crippen LogP contribution < -0.4 is 0 Å².